The molecule has 21 heavy (non-hydrogen) atoms. The molecule has 0 saturated heterocycles. The van der Waals surface area contributed by atoms with Crippen LogP contribution >= 0.6 is 11.6 Å². The molecule has 1 aromatic heterocycles. The molecule has 0 saturated carbocycles. The molecule has 1 aliphatic heterocycles. The maximum Gasteiger partial charge on any atom is 0.163 e. The van der Waals surface area contributed by atoms with Crippen molar-refractivity contribution in [2.24, 2.45) is 0 Å². The van der Waals surface area contributed by atoms with E-state index in [0.29, 0.717) is 42.9 Å². The third kappa shape index (κ3) is 2.65. The van der Waals surface area contributed by atoms with Gasteiger partial charge in [-0.25, -0.2) is 0 Å². The Bertz CT molecular complexity index is 672. The maximum atomic E-state index is 6.54. The van der Waals surface area contributed by atoms with Crippen molar-refractivity contribution in [3.05, 3.63) is 28.4 Å². The number of ether oxygens (including phenoxy) is 3. The Kier molecular flexibility index (Phi) is 4.17. The second kappa shape index (κ2) is 6.08. The minimum absolute atomic E-state index is 0.522. The first-order valence-electron chi connectivity index (χ1n) is 7.23. The Morgan fingerprint density at radius 2 is 1.90 bits per heavy atom. The number of pyridine rings is 1. The van der Waals surface area contributed by atoms with Gasteiger partial charge in [-0.05, 0) is 19.9 Å². The SMILES string of the molecule is CCOc1cc2nc3c(c(Cl)c2cc1OCC)COCC3. The van der Waals surface area contributed by atoms with Gasteiger partial charge in [0.2, 0.25) is 0 Å². The first kappa shape index (κ1) is 14.4. The van der Waals surface area contributed by atoms with Crippen LogP contribution in [0, 0.1) is 0 Å². The molecule has 0 amide bonds. The Morgan fingerprint density at radius 1 is 1.19 bits per heavy atom. The quantitative estimate of drug-likeness (QED) is 0.862. The fourth-order valence-corrected chi connectivity index (χ4v) is 2.87. The number of benzene rings is 1. The Balaban J connectivity index is 2.20. The summed E-state index contributed by atoms with van der Waals surface area (Å²) in [5.74, 6) is 1.41. The van der Waals surface area contributed by atoms with E-state index < -0.39 is 0 Å². The molecule has 0 fully saturated rings. The fourth-order valence-electron chi connectivity index (χ4n) is 2.55. The number of hydrogen-bond donors (Lipinski definition) is 0. The van der Waals surface area contributed by atoms with E-state index in [2.05, 4.69) is 0 Å². The standard InChI is InChI=1S/C16H18ClNO3/c1-3-20-14-7-10-13(8-15(14)21-4-2)18-12-5-6-19-9-11(12)16(10)17/h7-8H,3-6,9H2,1-2H3. The molecule has 0 unspecified atom stereocenters. The van der Waals surface area contributed by atoms with E-state index in [4.69, 9.17) is 30.8 Å². The zero-order chi connectivity index (χ0) is 14.8. The molecule has 2 aromatic rings. The molecule has 1 aromatic carbocycles. The van der Waals surface area contributed by atoms with Gasteiger partial charge in [-0.3, -0.25) is 4.98 Å². The fraction of sp³-hybridized carbons (Fsp3) is 0.438. The molecular formula is C16H18ClNO3. The van der Waals surface area contributed by atoms with Gasteiger partial charge in [0.1, 0.15) is 0 Å². The predicted molar refractivity (Wildman–Crippen MR) is 82.5 cm³/mol. The average Bonchev–Trinajstić information content (AvgIpc) is 2.49. The van der Waals surface area contributed by atoms with Crippen LogP contribution in [0.1, 0.15) is 25.1 Å². The molecule has 5 heteroatoms. The molecule has 0 atom stereocenters. The molecule has 1 aliphatic rings. The van der Waals surface area contributed by atoms with E-state index in [0.717, 1.165) is 28.6 Å². The van der Waals surface area contributed by atoms with E-state index >= 15 is 0 Å². The van der Waals surface area contributed by atoms with Crippen molar-refractivity contribution in [2.75, 3.05) is 19.8 Å². The summed E-state index contributed by atoms with van der Waals surface area (Å²) in [6.07, 6.45) is 0.794. The minimum Gasteiger partial charge on any atom is -0.490 e. The monoisotopic (exact) mass is 307 g/mol. The van der Waals surface area contributed by atoms with Gasteiger partial charge in [-0.2, -0.15) is 0 Å². The highest BCUT2D eigenvalue weighted by molar-refractivity contribution is 6.36. The van der Waals surface area contributed by atoms with Crippen molar-refractivity contribution in [3.8, 4) is 11.5 Å². The molecular weight excluding hydrogens is 290 g/mol. The van der Waals surface area contributed by atoms with Crippen LogP contribution in [-0.4, -0.2) is 24.8 Å². The van der Waals surface area contributed by atoms with Crippen LogP contribution in [0.3, 0.4) is 0 Å². The minimum atomic E-state index is 0.522. The lowest BCUT2D eigenvalue weighted by Crippen LogP contribution is -2.12. The third-order valence-electron chi connectivity index (χ3n) is 3.50. The van der Waals surface area contributed by atoms with Crippen LogP contribution in [0.2, 0.25) is 5.02 Å². The number of nitrogens with zero attached hydrogens (tertiary/aromatic N) is 1. The molecule has 2 heterocycles. The van der Waals surface area contributed by atoms with Gasteiger partial charge in [0.05, 0.1) is 42.7 Å². The van der Waals surface area contributed by atoms with Gasteiger partial charge in [-0.1, -0.05) is 11.6 Å². The number of aromatic nitrogens is 1. The third-order valence-corrected chi connectivity index (χ3v) is 3.93. The lowest BCUT2D eigenvalue weighted by Gasteiger charge is -2.19. The molecule has 0 bridgehead atoms. The van der Waals surface area contributed by atoms with Crippen LogP contribution in [0.15, 0.2) is 12.1 Å². The van der Waals surface area contributed by atoms with Crippen LogP contribution in [-0.2, 0) is 17.8 Å². The molecule has 112 valence electrons. The number of hydrogen-bond acceptors (Lipinski definition) is 4. The molecule has 0 aliphatic carbocycles. The summed E-state index contributed by atoms with van der Waals surface area (Å²) in [5, 5.41) is 1.59. The summed E-state index contributed by atoms with van der Waals surface area (Å²) in [7, 11) is 0. The highest BCUT2D eigenvalue weighted by atomic mass is 35.5. The van der Waals surface area contributed by atoms with Gasteiger partial charge >= 0.3 is 0 Å². The normalized spacial score (nSPS) is 14.0. The highest BCUT2D eigenvalue weighted by Crippen LogP contribution is 2.38. The summed E-state index contributed by atoms with van der Waals surface area (Å²) >= 11 is 6.54. The zero-order valence-corrected chi connectivity index (χ0v) is 13.0. The van der Waals surface area contributed by atoms with Crippen LogP contribution in [0.25, 0.3) is 10.9 Å². The second-order valence-electron chi connectivity index (χ2n) is 4.84. The summed E-state index contributed by atoms with van der Waals surface area (Å²) in [5.41, 5.74) is 2.85. The maximum absolute atomic E-state index is 6.54. The van der Waals surface area contributed by atoms with Crippen molar-refractivity contribution in [1.82, 2.24) is 4.98 Å². The number of fused-ring (bicyclic) bond motifs is 2. The largest absolute Gasteiger partial charge is 0.490 e. The van der Waals surface area contributed by atoms with Crippen molar-refractivity contribution in [1.29, 1.82) is 0 Å². The number of halogens is 1. The van der Waals surface area contributed by atoms with Gasteiger partial charge in [-0.15, -0.1) is 0 Å². The summed E-state index contributed by atoms with van der Waals surface area (Å²) in [6.45, 7) is 6.26. The second-order valence-corrected chi connectivity index (χ2v) is 5.21. The first-order chi connectivity index (χ1) is 10.2. The van der Waals surface area contributed by atoms with Crippen molar-refractivity contribution in [2.45, 2.75) is 26.9 Å². The molecule has 0 radical (unpaired) electrons. The summed E-state index contributed by atoms with van der Waals surface area (Å²) in [6, 6.07) is 3.82. The van der Waals surface area contributed by atoms with Crippen molar-refractivity contribution in [3.63, 3.8) is 0 Å². The lowest BCUT2D eigenvalue weighted by molar-refractivity contribution is 0.109. The first-order valence-corrected chi connectivity index (χ1v) is 7.60. The Hall–Kier alpha value is -1.52. The molecule has 0 N–H and O–H groups in total. The van der Waals surface area contributed by atoms with Gasteiger partial charge in [0, 0.05) is 23.4 Å². The highest BCUT2D eigenvalue weighted by Gasteiger charge is 2.19. The Labute approximate surface area is 129 Å². The van der Waals surface area contributed by atoms with Gasteiger partial charge < -0.3 is 14.2 Å². The summed E-state index contributed by atoms with van der Waals surface area (Å²) < 4.78 is 16.8. The van der Waals surface area contributed by atoms with Crippen LogP contribution < -0.4 is 9.47 Å². The van der Waals surface area contributed by atoms with E-state index in [-0.39, 0.29) is 0 Å². The van der Waals surface area contributed by atoms with Crippen LogP contribution in [0.5, 0.6) is 11.5 Å². The molecule has 3 rings (SSSR count). The smallest absolute Gasteiger partial charge is 0.163 e. The predicted octanol–water partition coefficient (Wildman–Crippen LogP) is 3.76. The lowest BCUT2D eigenvalue weighted by atomic mass is 10.1. The van der Waals surface area contributed by atoms with Crippen molar-refractivity contribution < 1.29 is 14.2 Å². The molecule has 4 nitrogen and oxygen atoms in total. The van der Waals surface area contributed by atoms with Crippen molar-refractivity contribution >= 4 is 22.5 Å². The van der Waals surface area contributed by atoms with E-state index in [1.165, 1.54) is 0 Å². The Morgan fingerprint density at radius 3 is 2.62 bits per heavy atom. The topological polar surface area (TPSA) is 40.6 Å². The zero-order valence-electron chi connectivity index (χ0n) is 12.2. The molecule has 0 spiro atoms. The summed E-state index contributed by atoms with van der Waals surface area (Å²) in [4.78, 5) is 4.72. The van der Waals surface area contributed by atoms with E-state index in [1.54, 1.807) is 0 Å². The van der Waals surface area contributed by atoms with Gasteiger partial charge in [0.25, 0.3) is 0 Å². The average molecular weight is 308 g/mol. The van der Waals surface area contributed by atoms with Crippen LogP contribution in [0.4, 0.5) is 0 Å². The number of rotatable bonds is 4. The van der Waals surface area contributed by atoms with Gasteiger partial charge in [0.15, 0.2) is 11.5 Å². The van der Waals surface area contributed by atoms with E-state index in [9.17, 15) is 0 Å². The van der Waals surface area contributed by atoms with E-state index in [1.807, 2.05) is 26.0 Å².